The van der Waals surface area contributed by atoms with Crippen molar-refractivity contribution in [1.29, 1.82) is 5.26 Å². The summed E-state index contributed by atoms with van der Waals surface area (Å²) in [6, 6.07) is 2.11. The van der Waals surface area contributed by atoms with Crippen LogP contribution in [-0.4, -0.2) is 36.0 Å². The zero-order chi connectivity index (χ0) is 12.6. The maximum Gasteiger partial charge on any atom is 0.234 e. The molecule has 0 heterocycles. The zero-order valence-electron chi connectivity index (χ0n) is 10.8. The zero-order valence-corrected chi connectivity index (χ0v) is 10.8. The van der Waals surface area contributed by atoms with Crippen molar-refractivity contribution in [2.45, 2.75) is 46.1 Å². The van der Waals surface area contributed by atoms with Gasteiger partial charge in [-0.05, 0) is 40.3 Å². The summed E-state index contributed by atoms with van der Waals surface area (Å²) in [7, 11) is 0. The summed E-state index contributed by atoms with van der Waals surface area (Å²) < 4.78 is 0. The molecule has 0 atom stereocenters. The van der Waals surface area contributed by atoms with E-state index in [4.69, 9.17) is 5.26 Å². The van der Waals surface area contributed by atoms with Crippen molar-refractivity contribution >= 4 is 5.91 Å². The molecule has 4 nitrogen and oxygen atoms in total. The largest absolute Gasteiger partial charge is 0.350 e. The highest BCUT2D eigenvalue weighted by Gasteiger charge is 2.15. The first-order valence-corrected chi connectivity index (χ1v) is 5.79. The minimum atomic E-state index is -0.177. The Morgan fingerprint density at radius 2 is 2.06 bits per heavy atom. The summed E-state index contributed by atoms with van der Waals surface area (Å²) in [4.78, 5) is 13.7. The van der Waals surface area contributed by atoms with Gasteiger partial charge in [-0.15, -0.1) is 0 Å². The third-order valence-corrected chi connectivity index (χ3v) is 2.09. The Kier molecular flexibility index (Phi) is 6.75. The maximum absolute atomic E-state index is 11.6. The molecule has 0 radical (unpaired) electrons. The summed E-state index contributed by atoms with van der Waals surface area (Å²) in [5.41, 5.74) is -0.177. The van der Waals surface area contributed by atoms with Gasteiger partial charge in [0.2, 0.25) is 5.91 Å². The smallest absolute Gasteiger partial charge is 0.234 e. The fraction of sp³-hybridized carbons (Fsp3) is 0.833. The van der Waals surface area contributed by atoms with Crippen LogP contribution in [0.25, 0.3) is 0 Å². The molecule has 0 aromatic carbocycles. The van der Waals surface area contributed by atoms with Crippen LogP contribution in [-0.2, 0) is 4.79 Å². The molecule has 92 valence electrons. The molecule has 0 aromatic heterocycles. The molecule has 1 amide bonds. The van der Waals surface area contributed by atoms with Gasteiger partial charge in [-0.3, -0.25) is 9.69 Å². The van der Waals surface area contributed by atoms with E-state index in [0.29, 0.717) is 13.0 Å². The van der Waals surface area contributed by atoms with Gasteiger partial charge in [0.15, 0.2) is 0 Å². The molecule has 0 unspecified atom stereocenters. The van der Waals surface area contributed by atoms with E-state index in [1.165, 1.54) is 0 Å². The van der Waals surface area contributed by atoms with Gasteiger partial charge in [-0.1, -0.05) is 6.92 Å². The standard InChI is InChI=1S/C12H23N3O/c1-5-15(9-7-6-8-13)10-11(16)14-12(2,3)4/h5-7,9-10H2,1-4H3,(H,14,16). The highest BCUT2D eigenvalue weighted by atomic mass is 16.2. The minimum Gasteiger partial charge on any atom is -0.350 e. The van der Waals surface area contributed by atoms with Crippen LogP contribution in [0.3, 0.4) is 0 Å². The molecule has 0 aliphatic rings. The van der Waals surface area contributed by atoms with Gasteiger partial charge < -0.3 is 5.32 Å². The molecule has 0 aliphatic heterocycles. The van der Waals surface area contributed by atoms with Gasteiger partial charge in [0, 0.05) is 12.0 Å². The molecule has 0 saturated carbocycles. The van der Waals surface area contributed by atoms with Crippen molar-refractivity contribution < 1.29 is 4.79 Å². The number of nitriles is 1. The number of nitrogens with one attached hydrogen (secondary N) is 1. The monoisotopic (exact) mass is 225 g/mol. The van der Waals surface area contributed by atoms with E-state index >= 15 is 0 Å². The van der Waals surface area contributed by atoms with Gasteiger partial charge in [0.05, 0.1) is 12.6 Å². The second-order valence-electron chi connectivity index (χ2n) is 4.93. The van der Waals surface area contributed by atoms with E-state index in [1.54, 1.807) is 0 Å². The van der Waals surface area contributed by atoms with Crippen LogP contribution >= 0.6 is 0 Å². The van der Waals surface area contributed by atoms with E-state index in [9.17, 15) is 4.79 Å². The van der Waals surface area contributed by atoms with Gasteiger partial charge in [0.25, 0.3) is 0 Å². The Balaban J connectivity index is 3.93. The number of hydrogen-bond acceptors (Lipinski definition) is 3. The van der Waals surface area contributed by atoms with Crippen LogP contribution in [0, 0.1) is 11.3 Å². The molecule has 16 heavy (non-hydrogen) atoms. The molecule has 0 aromatic rings. The van der Waals surface area contributed by atoms with Gasteiger partial charge in [-0.25, -0.2) is 0 Å². The number of hydrogen-bond donors (Lipinski definition) is 1. The number of likely N-dealkylation sites (N-methyl/N-ethyl adjacent to an activating group) is 1. The first kappa shape index (κ1) is 14.9. The molecule has 0 fully saturated rings. The second-order valence-corrected chi connectivity index (χ2v) is 4.93. The number of unbranched alkanes of at least 4 members (excludes halogenated alkanes) is 1. The minimum absolute atomic E-state index is 0.0475. The predicted octanol–water partition coefficient (Wildman–Crippen LogP) is 1.53. The highest BCUT2D eigenvalue weighted by Crippen LogP contribution is 1.99. The van der Waals surface area contributed by atoms with E-state index in [0.717, 1.165) is 19.5 Å². The number of carbonyl (C=O) groups is 1. The molecular formula is C12H23N3O. The number of carbonyl (C=O) groups excluding carboxylic acids is 1. The Morgan fingerprint density at radius 3 is 2.50 bits per heavy atom. The van der Waals surface area contributed by atoms with Crippen LogP contribution in [0.15, 0.2) is 0 Å². The van der Waals surface area contributed by atoms with Crippen molar-refractivity contribution in [2.75, 3.05) is 19.6 Å². The molecule has 0 spiro atoms. The molecule has 0 saturated heterocycles. The Bertz CT molecular complexity index is 250. The van der Waals surface area contributed by atoms with Crippen molar-refractivity contribution in [3.8, 4) is 6.07 Å². The van der Waals surface area contributed by atoms with Gasteiger partial charge in [0.1, 0.15) is 0 Å². The average molecular weight is 225 g/mol. The third kappa shape index (κ3) is 8.25. The lowest BCUT2D eigenvalue weighted by Gasteiger charge is -2.24. The number of nitrogens with zero attached hydrogens (tertiary/aromatic N) is 2. The highest BCUT2D eigenvalue weighted by molar-refractivity contribution is 5.78. The predicted molar refractivity (Wildman–Crippen MR) is 64.9 cm³/mol. The average Bonchev–Trinajstić information content (AvgIpc) is 2.13. The lowest BCUT2D eigenvalue weighted by molar-refractivity contribution is -0.123. The molecule has 0 aliphatic carbocycles. The summed E-state index contributed by atoms with van der Waals surface area (Å²) in [6.45, 7) is 9.99. The molecule has 0 bridgehead atoms. The molecule has 0 rings (SSSR count). The van der Waals surface area contributed by atoms with Crippen molar-refractivity contribution in [1.82, 2.24) is 10.2 Å². The Morgan fingerprint density at radius 1 is 1.44 bits per heavy atom. The van der Waals surface area contributed by atoms with E-state index in [-0.39, 0.29) is 11.4 Å². The molecular weight excluding hydrogens is 202 g/mol. The van der Waals surface area contributed by atoms with E-state index in [1.807, 2.05) is 27.7 Å². The molecule has 1 N–H and O–H groups in total. The van der Waals surface area contributed by atoms with Gasteiger partial charge >= 0.3 is 0 Å². The Labute approximate surface area is 98.6 Å². The number of amides is 1. The van der Waals surface area contributed by atoms with Crippen LogP contribution in [0.2, 0.25) is 0 Å². The SMILES string of the molecule is CCN(CCCC#N)CC(=O)NC(C)(C)C. The fourth-order valence-corrected chi connectivity index (χ4v) is 1.39. The molecule has 4 heteroatoms. The summed E-state index contributed by atoms with van der Waals surface area (Å²) >= 11 is 0. The van der Waals surface area contributed by atoms with Crippen LogP contribution in [0.5, 0.6) is 0 Å². The normalized spacial score (nSPS) is 11.2. The van der Waals surface area contributed by atoms with Crippen LogP contribution < -0.4 is 5.32 Å². The first-order chi connectivity index (χ1) is 7.39. The van der Waals surface area contributed by atoms with Crippen molar-refractivity contribution in [2.24, 2.45) is 0 Å². The van der Waals surface area contributed by atoms with Crippen molar-refractivity contribution in [3.05, 3.63) is 0 Å². The number of rotatable bonds is 6. The quantitative estimate of drug-likeness (QED) is 0.697. The maximum atomic E-state index is 11.6. The summed E-state index contributed by atoms with van der Waals surface area (Å²) in [5.74, 6) is 0.0475. The van der Waals surface area contributed by atoms with Crippen LogP contribution in [0.4, 0.5) is 0 Å². The van der Waals surface area contributed by atoms with E-state index < -0.39 is 0 Å². The van der Waals surface area contributed by atoms with E-state index in [2.05, 4.69) is 16.3 Å². The third-order valence-electron chi connectivity index (χ3n) is 2.09. The van der Waals surface area contributed by atoms with Gasteiger partial charge in [-0.2, -0.15) is 5.26 Å². The topological polar surface area (TPSA) is 56.1 Å². The van der Waals surface area contributed by atoms with Crippen LogP contribution in [0.1, 0.15) is 40.5 Å². The summed E-state index contributed by atoms with van der Waals surface area (Å²) in [5, 5.41) is 11.4. The lowest BCUT2D eigenvalue weighted by Crippen LogP contribution is -2.46. The Hall–Kier alpha value is -1.08. The second kappa shape index (κ2) is 7.24. The first-order valence-electron chi connectivity index (χ1n) is 5.79. The summed E-state index contributed by atoms with van der Waals surface area (Å²) in [6.07, 6.45) is 1.38. The van der Waals surface area contributed by atoms with Crippen molar-refractivity contribution in [3.63, 3.8) is 0 Å². The lowest BCUT2D eigenvalue weighted by atomic mass is 10.1. The fourth-order valence-electron chi connectivity index (χ4n) is 1.39.